The number of esters is 1. The summed E-state index contributed by atoms with van der Waals surface area (Å²) < 4.78 is 12.0. The molecule has 3 rings (SSSR count). The van der Waals surface area contributed by atoms with Crippen LogP contribution in [0.3, 0.4) is 0 Å². The number of methoxy groups -OCH3 is 1. The number of anilines is 1. The van der Waals surface area contributed by atoms with Crippen molar-refractivity contribution in [3.63, 3.8) is 0 Å². The van der Waals surface area contributed by atoms with Crippen LogP contribution in [0.4, 0.5) is 5.69 Å². The van der Waals surface area contributed by atoms with Gasteiger partial charge in [-0.3, -0.25) is 9.59 Å². The van der Waals surface area contributed by atoms with E-state index in [1.165, 1.54) is 0 Å². The highest BCUT2D eigenvalue weighted by Gasteiger charge is 2.16. The zero-order valence-corrected chi connectivity index (χ0v) is 17.3. The van der Waals surface area contributed by atoms with E-state index < -0.39 is 11.9 Å². The van der Waals surface area contributed by atoms with Crippen LogP contribution >= 0.6 is 0 Å². The molecular formula is C23H25N3O4. The summed E-state index contributed by atoms with van der Waals surface area (Å²) in [6.45, 7) is 3.36. The molecule has 0 saturated carbocycles. The molecule has 1 N–H and O–H groups in total. The molecule has 0 aliphatic rings. The molecule has 0 spiro atoms. The van der Waals surface area contributed by atoms with Crippen LogP contribution < -0.4 is 10.1 Å². The van der Waals surface area contributed by atoms with E-state index >= 15 is 0 Å². The Morgan fingerprint density at radius 3 is 2.40 bits per heavy atom. The molecule has 0 atom stereocenters. The minimum atomic E-state index is -0.422. The summed E-state index contributed by atoms with van der Waals surface area (Å²) in [4.78, 5) is 24.2. The molecule has 1 heterocycles. The maximum atomic E-state index is 12.3. The summed E-state index contributed by atoms with van der Waals surface area (Å²) in [5, 5.41) is 7.29. The van der Waals surface area contributed by atoms with Gasteiger partial charge in [-0.1, -0.05) is 30.3 Å². The molecule has 0 bridgehead atoms. The summed E-state index contributed by atoms with van der Waals surface area (Å²) in [6.07, 6.45) is 0.732. The molecule has 0 aliphatic carbocycles. The van der Waals surface area contributed by atoms with Crippen molar-refractivity contribution in [1.82, 2.24) is 9.78 Å². The van der Waals surface area contributed by atoms with Crippen LogP contribution in [0.5, 0.6) is 5.75 Å². The Bertz CT molecular complexity index is 1010. The lowest BCUT2D eigenvalue weighted by Gasteiger charge is -2.08. The van der Waals surface area contributed by atoms with Crippen LogP contribution in [-0.4, -0.2) is 35.4 Å². The van der Waals surface area contributed by atoms with Crippen LogP contribution in [0.25, 0.3) is 5.69 Å². The van der Waals surface area contributed by atoms with E-state index in [9.17, 15) is 9.59 Å². The van der Waals surface area contributed by atoms with Crippen molar-refractivity contribution in [2.24, 2.45) is 0 Å². The van der Waals surface area contributed by atoms with Gasteiger partial charge in [0.25, 0.3) is 5.91 Å². The smallest absolute Gasteiger partial charge is 0.306 e. The second kappa shape index (κ2) is 9.73. The molecule has 0 unspecified atom stereocenters. The molecule has 0 aliphatic heterocycles. The Hall–Kier alpha value is -3.61. The van der Waals surface area contributed by atoms with Gasteiger partial charge in [-0.15, -0.1) is 0 Å². The van der Waals surface area contributed by atoms with Crippen LogP contribution in [0.15, 0.2) is 54.6 Å². The van der Waals surface area contributed by atoms with E-state index in [4.69, 9.17) is 9.47 Å². The minimum absolute atomic E-state index is 0.198. The van der Waals surface area contributed by atoms with E-state index in [0.29, 0.717) is 17.8 Å². The predicted molar refractivity (Wildman–Crippen MR) is 114 cm³/mol. The number of rotatable bonds is 8. The molecule has 3 aromatic rings. The second-order valence-corrected chi connectivity index (χ2v) is 6.85. The summed E-state index contributed by atoms with van der Waals surface area (Å²) in [5.74, 6) is -0.0554. The molecule has 0 fully saturated rings. The van der Waals surface area contributed by atoms with E-state index in [2.05, 4.69) is 10.4 Å². The quantitative estimate of drug-likeness (QED) is 0.577. The van der Waals surface area contributed by atoms with Gasteiger partial charge in [-0.2, -0.15) is 5.10 Å². The zero-order chi connectivity index (χ0) is 21.5. The summed E-state index contributed by atoms with van der Waals surface area (Å²) in [5.41, 5.74) is 4.02. The lowest BCUT2D eigenvalue weighted by Crippen LogP contribution is -2.21. The second-order valence-electron chi connectivity index (χ2n) is 6.85. The number of hydrogen-bond acceptors (Lipinski definition) is 5. The topological polar surface area (TPSA) is 82.4 Å². The SMILES string of the molecule is COc1ccc(CCC(=O)OCC(=O)Nc2c(C)nn(-c3ccccc3)c2C)cc1. The Morgan fingerprint density at radius 2 is 1.73 bits per heavy atom. The number of ether oxygens (including phenoxy) is 2. The third-order valence-corrected chi connectivity index (χ3v) is 4.70. The van der Waals surface area contributed by atoms with E-state index in [1.54, 1.807) is 11.8 Å². The van der Waals surface area contributed by atoms with Gasteiger partial charge in [-0.05, 0) is 50.1 Å². The number of hydrogen-bond donors (Lipinski definition) is 1. The number of nitrogens with one attached hydrogen (secondary N) is 1. The van der Waals surface area contributed by atoms with Crippen LogP contribution in [0.1, 0.15) is 23.4 Å². The van der Waals surface area contributed by atoms with Gasteiger partial charge in [0.15, 0.2) is 6.61 Å². The maximum absolute atomic E-state index is 12.3. The normalized spacial score (nSPS) is 10.5. The van der Waals surface area contributed by atoms with Crippen molar-refractivity contribution in [1.29, 1.82) is 0 Å². The fourth-order valence-electron chi connectivity index (χ4n) is 3.08. The van der Waals surface area contributed by atoms with Crippen molar-refractivity contribution in [3.8, 4) is 11.4 Å². The van der Waals surface area contributed by atoms with Crippen LogP contribution in [0, 0.1) is 13.8 Å². The van der Waals surface area contributed by atoms with E-state index in [-0.39, 0.29) is 13.0 Å². The zero-order valence-electron chi connectivity index (χ0n) is 17.3. The first-order chi connectivity index (χ1) is 14.5. The molecule has 0 radical (unpaired) electrons. The van der Waals surface area contributed by atoms with Gasteiger partial charge in [0.05, 0.1) is 29.9 Å². The highest BCUT2D eigenvalue weighted by molar-refractivity contribution is 5.93. The molecule has 1 aromatic heterocycles. The molecular weight excluding hydrogens is 382 g/mol. The molecule has 30 heavy (non-hydrogen) atoms. The monoisotopic (exact) mass is 407 g/mol. The summed E-state index contributed by atoms with van der Waals surface area (Å²) in [7, 11) is 1.60. The van der Waals surface area contributed by atoms with Gasteiger partial charge >= 0.3 is 5.97 Å². The van der Waals surface area contributed by atoms with E-state index in [0.717, 1.165) is 22.7 Å². The minimum Gasteiger partial charge on any atom is -0.497 e. The molecule has 156 valence electrons. The number of para-hydroxylation sites is 1. The Balaban J connectivity index is 1.51. The largest absolute Gasteiger partial charge is 0.497 e. The van der Waals surface area contributed by atoms with Gasteiger partial charge in [0, 0.05) is 6.42 Å². The third-order valence-electron chi connectivity index (χ3n) is 4.70. The average Bonchev–Trinajstić information content (AvgIpc) is 3.05. The maximum Gasteiger partial charge on any atom is 0.306 e. The number of nitrogens with zero attached hydrogens (tertiary/aromatic N) is 2. The first-order valence-corrected chi connectivity index (χ1v) is 9.68. The summed E-state index contributed by atoms with van der Waals surface area (Å²) in [6, 6.07) is 17.1. The number of carbonyl (C=O) groups is 2. The van der Waals surface area contributed by atoms with E-state index in [1.807, 2.05) is 68.4 Å². The summed E-state index contributed by atoms with van der Waals surface area (Å²) >= 11 is 0. The number of amides is 1. The fourth-order valence-corrected chi connectivity index (χ4v) is 3.08. The highest BCUT2D eigenvalue weighted by Crippen LogP contribution is 2.22. The first-order valence-electron chi connectivity index (χ1n) is 9.68. The molecule has 1 amide bonds. The lowest BCUT2D eigenvalue weighted by atomic mass is 10.1. The van der Waals surface area contributed by atoms with Gasteiger partial charge in [0.2, 0.25) is 0 Å². The average molecular weight is 407 g/mol. The number of aromatic nitrogens is 2. The fraction of sp³-hybridized carbons (Fsp3) is 0.261. The van der Waals surface area contributed by atoms with Crippen LogP contribution in [-0.2, 0) is 20.7 Å². The van der Waals surface area contributed by atoms with Crippen molar-refractivity contribution in [3.05, 3.63) is 71.5 Å². The molecule has 7 heteroatoms. The van der Waals surface area contributed by atoms with Gasteiger partial charge < -0.3 is 14.8 Å². The predicted octanol–water partition coefficient (Wildman–Crippen LogP) is 3.61. The standard InChI is InChI=1S/C23H25N3O4/c1-16-23(17(2)26(25-16)19-7-5-4-6-8-19)24-21(27)15-30-22(28)14-11-18-9-12-20(29-3)13-10-18/h4-10,12-13H,11,14-15H2,1-3H3,(H,24,27). The van der Waals surface area contributed by atoms with Crippen LogP contribution in [0.2, 0.25) is 0 Å². The highest BCUT2D eigenvalue weighted by atomic mass is 16.5. The van der Waals surface area contributed by atoms with Crippen molar-refractivity contribution >= 4 is 17.6 Å². The first kappa shape index (κ1) is 21.1. The van der Waals surface area contributed by atoms with Crippen molar-refractivity contribution in [2.45, 2.75) is 26.7 Å². The Labute approximate surface area is 175 Å². The lowest BCUT2D eigenvalue weighted by molar-refractivity contribution is -0.147. The number of carbonyl (C=O) groups excluding carboxylic acids is 2. The number of benzene rings is 2. The number of aryl methyl sites for hydroxylation is 2. The van der Waals surface area contributed by atoms with Gasteiger partial charge in [-0.25, -0.2) is 4.68 Å². The Kier molecular flexibility index (Phi) is 6.85. The van der Waals surface area contributed by atoms with Gasteiger partial charge in [0.1, 0.15) is 5.75 Å². The molecule has 7 nitrogen and oxygen atoms in total. The molecule has 0 saturated heterocycles. The third kappa shape index (κ3) is 5.26. The molecule has 2 aromatic carbocycles. The Morgan fingerprint density at radius 1 is 1.03 bits per heavy atom. The van der Waals surface area contributed by atoms with Crippen molar-refractivity contribution < 1.29 is 19.1 Å². The van der Waals surface area contributed by atoms with Crippen molar-refractivity contribution in [2.75, 3.05) is 19.0 Å².